The van der Waals surface area contributed by atoms with Gasteiger partial charge in [0.1, 0.15) is 0 Å². The van der Waals surface area contributed by atoms with E-state index in [1.165, 1.54) is 6.07 Å². The summed E-state index contributed by atoms with van der Waals surface area (Å²) in [5.74, 6) is -0.938. The summed E-state index contributed by atoms with van der Waals surface area (Å²) in [5, 5.41) is 6.05. The minimum absolute atomic E-state index is 0.252. The highest BCUT2D eigenvalue weighted by atomic mass is 35.5. The molecule has 6 heteroatoms. The van der Waals surface area contributed by atoms with Crippen LogP contribution in [0.3, 0.4) is 0 Å². The van der Waals surface area contributed by atoms with E-state index in [4.69, 9.17) is 11.6 Å². The monoisotopic (exact) mass is 468 g/mol. The van der Waals surface area contributed by atoms with Gasteiger partial charge in [-0.3, -0.25) is 14.4 Å². The van der Waals surface area contributed by atoms with E-state index in [1.807, 2.05) is 19.1 Å². The van der Waals surface area contributed by atoms with Crippen LogP contribution in [0.4, 0.5) is 11.4 Å². The molecule has 168 valence electrons. The molecule has 0 unspecified atom stereocenters. The van der Waals surface area contributed by atoms with Crippen molar-refractivity contribution in [2.75, 3.05) is 10.6 Å². The van der Waals surface area contributed by atoms with Crippen LogP contribution in [-0.2, 0) is 0 Å². The van der Waals surface area contributed by atoms with Crippen LogP contribution in [-0.4, -0.2) is 17.6 Å². The van der Waals surface area contributed by atoms with Crippen molar-refractivity contribution in [2.24, 2.45) is 0 Å². The molecule has 0 bridgehead atoms. The molecule has 4 aromatic rings. The smallest absolute Gasteiger partial charge is 0.255 e. The normalized spacial score (nSPS) is 10.4. The molecule has 0 radical (unpaired) electrons. The summed E-state index contributed by atoms with van der Waals surface area (Å²) in [6.45, 7) is 1.85. The Hall–Kier alpha value is -4.22. The number of hydrogen-bond donors (Lipinski definition) is 2. The molecule has 0 fully saturated rings. The number of anilines is 2. The molecule has 0 aliphatic carbocycles. The second-order valence-electron chi connectivity index (χ2n) is 7.69. The largest absolute Gasteiger partial charge is 0.322 e. The van der Waals surface area contributed by atoms with Crippen LogP contribution in [0.15, 0.2) is 97.1 Å². The average Bonchev–Trinajstić information content (AvgIpc) is 2.87. The van der Waals surface area contributed by atoms with E-state index in [1.54, 1.807) is 78.9 Å². The predicted octanol–water partition coefficient (Wildman–Crippen LogP) is 6.38. The third-order valence-electron chi connectivity index (χ3n) is 5.29. The van der Waals surface area contributed by atoms with Crippen molar-refractivity contribution in [3.05, 3.63) is 130 Å². The molecule has 34 heavy (non-hydrogen) atoms. The Morgan fingerprint density at radius 3 is 1.88 bits per heavy atom. The van der Waals surface area contributed by atoms with Crippen molar-refractivity contribution in [1.82, 2.24) is 0 Å². The minimum atomic E-state index is -0.417. The number of hydrogen-bond acceptors (Lipinski definition) is 3. The van der Waals surface area contributed by atoms with Crippen LogP contribution in [0.1, 0.15) is 42.2 Å². The first-order valence-corrected chi connectivity index (χ1v) is 11.0. The Bertz CT molecular complexity index is 1370. The van der Waals surface area contributed by atoms with Gasteiger partial charge in [-0.05, 0) is 55.0 Å². The third-order valence-corrected chi connectivity index (χ3v) is 5.53. The molecule has 0 saturated carbocycles. The topological polar surface area (TPSA) is 75.3 Å². The van der Waals surface area contributed by atoms with Crippen LogP contribution in [0, 0.1) is 6.92 Å². The van der Waals surface area contributed by atoms with E-state index < -0.39 is 5.91 Å². The molecule has 0 aliphatic rings. The molecule has 0 atom stereocenters. The lowest BCUT2D eigenvalue weighted by atomic mass is 10.0. The molecule has 4 aromatic carbocycles. The molecule has 0 heterocycles. The standard InChI is InChI=1S/C28H21ClN2O3/c1-18-12-13-21(16-25(18)31-27(33)20-10-6-3-7-11-20)28(34)30-24-15-14-22(29)17-23(24)26(32)19-8-4-2-5-9-19/h2-17H,1H3,(H,30,34)(H,31,33). The number of benzene rings is 4. The lowest BCUT2D eigenvalue weighted by Gasteiger charge is -2.13. The number of carbonyl (C=O) groups excluding carboxylic acids is 3. The Morgan fingerprint density at radius 2 is 1.21 bits per heavy atom. The van der Waals surface area contributed by atoms with Crippen LogP contribution < -0.4 is 10.6 Å². The van der Waals surface area contributed by atoms with E-state index in [0.29, 0.717) is 33.1 Å². The second kappa shape index (κ2) is 10.1. The zero-order valence-corrected chi connectivity index (χ0v) is 19.1. The van der Waals surface area contributed by atoms with Crippen molar-refractivity contribution in [2.45, 2.75) is 6.92 Å². The zero-order chi connectivity index (χ0) is 24.1. The SMILES string of the molecule is Cc1ccc(C(=O)Nc2ccc(Cl)cc2C(=O)c2ccccc2)cc1NC(=O)c1ccccc1. The minimum Gasteiger partial charge on any atom is -0.322 e. The number of aryl methyl sites for hydroxylation is 1. The lowest BCUT2D eigenvalue weighted by Crippen LogP contribution is -2.17. The summed E-state index contributed by atoms with van der Waals surface area (Å²) < 4.78 is 0. The van der Waals surface area contributed by atoms with Gasteiger partial charge in [0.15, 0.2) is 5.78 Å². The van der Waals surface area contributed by atoms with Crippen molar-refractivity contribution in [3.63, 3.8) is 0 Å². The van der Waals surface area contributed by atoms with Crippen molar-refractivity contribution in [1.29, 1.82) is 0 Å². The lowest BCUT2D eigenvalue weighted by molar-refractivity contribution is 0.101. The molecular weight excluding hydrogens is 448 g/mol. The quantitative estimate of drug-likeness (QED) is 0.322. The maximum absolute atomic E-state index is 13.1. The van der Waals surface area contributed by atoms with E-state index >= 15 is 0 Å². The summed E-state index contributed by atoms with van der Waals surface area (Å²) in [4.78, 5) is 38.7. The highest BCUT2D eigenvalue weighted by Gasteiger charge is 2.18. The molecule has 0 aliphatic heterocycles. The summed E-state index contributed by atoms with van der Waals surface area (Å²) in [7, 11) is 0. The fourth-order valence-electron chi connectivity index (χ4n) is 3.43. The molecule has 2 N–H and O–H groups in total. The Kier molecular flexibility index (Phi) is 6.85. The third kappa shape index (κ3) is 5.22. The number of halogens is 1. The van der Waals surface area contributed by atoms with Gasteiger partial charge in [0.25, 0.3) is 11.8 Å². The first-order valence-electron chi connectivity index (χ1n) is 10.6. The average molecular weight is 469 g/mol. The van der Waals surface area contributed by atoms with E-state index in [-0.39, 0.29) is 17.3 Å². The Balaban J connectivity index is 1.58. The molecular formula is C28H21ClN2O3. The summed E-state index contributed by atoms with van der Waals surface area (Å²) >= 11 is 6.13. The first kappa shape index (κ1) is 23.0. The van der Waals surface area contributed by atoms with Crippen LogP contribution in [0.2, 0.25) is 5.02 Å². The van der Waals surface area contributed by atoms with Gasteiger partial charge in [-0.15, -0.1) is 0 Å². The second-order valence-corrected chi connectivity index (χ2v) is 8.13. The molecule has 2 amide bonds. The van der Waals surface area contributed by atoms with Gasteiger partial charge in [-0.25, -0.2) is 0 Å². The van der Waals surface area contributed by atoms with E-state index in [9.17, 15) is 14.4 Å². The number of nitrogens with one attached hydrogen (secondary N) is 2. The fourth-order valence-corrected chi connectivity index (χ4v) is 3.61. The molecule has 0 saturated heterocycles. The van der Waals surface area contributed by atoms with Crippen molar-refractivity contribution < 1.29 is 14.4 Å². The van der Waals surface area contributed by atoms with Gasteiger partial charge in [-0.2, -0.15) is 0 Å². The van der Waals surface area contributed by atoms with Crippen molar-refractivity contribution in [3.8, 4) is 0 Å². The summed E-state index contributed by atoms with van der Waals surface area (Å²) in [5.41, 5.74) is 3.31. The number of rotatable bonds is 6. The molecule has 5 nitrogen and oxygen atoms in total. The maximum atomic E-state index is 13.1. The van der Waals surface area contributed by atoms with Crippen molar-refractivity contribution >= 4 is 40.6 Å². The van der Waals surface area contributed by atoms with Gasteiger partial charge in [-0.1, -0.05) is 66.2 Å². The highest BCUT2D eigenvalue weighted by Crippen LogP contribution is 2.25. The number of carbonyl (C=O) groups is 3. The van der Waals surface area contributed by atoms with Gasteiger partial charge >= 0.3 is 0 Å². The first-order chi connectivity index (χ1) is 16.4. The molecule has 4 rings (SSSR count). The zero-order valence-electron chi connectivity index (χ0n) is 18.3. The number of ketones is 1. The highest BCUT2D eigenvalue weighted by molar-refractivity contribution is 6.31. The molecule has 0 aromatic heterocycles. The van der Waals surface area contributed by atoms with Gasteiger partial charge < -0.3 is 10.6 Å². The van der Waals surface area contributed by atoms with Gasteiger partial charge in [0, 0.05) is 33.0 Å². The fraction of sp³-hybridized carbons (Fsp3) is 0.0357. The van der Waals surface area contributed by atoms with Gasteiger partial charge in [0.2, 0.25) is 0 Å². The molecule has 0 spiro atoms. The van der Waals surface area contributed by atoms with E-state index in [0.717, 1.165) is 5.56 Å². The van der Waals surface area contributed by atoms with Crippen LogP contribution in [0.5, 0.6) is 0 Å². The Labute approximate surface area is 202 Å². The van der Waals surface area contributed by atoms with Crippen LogP contribution in [0.25, 0.3) is 0 Å². The maximum Gasteiger partial charge on any atom is 0.255 e. The summed E-state index contributed by atoms with van der Waals surface area (Å²) in [6, 6.07) is 27.4. The van der Waals surface area contributed by atoms with Gasteiger partial charge in [0.05, 0.1) is 5.69 Å². The number of amides is 2. The van der Waals surface area contributed by atoms with E-state index in [2.05, 4.69) is 10.6 Å². The van der Waals surface area contributed by atoms with Crippen LogP contribution >= 0.6 is 11.6 Å². The summed E-state index contributed by atoms with van der Waals surface area (Å²) in [6.07, 6.45) is 0. The Morgan fingerprint density at radius 1 is 0.618 bits per heavy atom. The predicted molar refractivity (Wildman–Crippen MR) is 135 cm³/mol.